The van der Waals surface area contributed by atoms with Crippen molar-refractivity contribution in [1.82, 2.24) is 10.2 Å². The van der Waals surface area contributed by atoms with E-state index in [0.29, 0.717) is 0 Å². The fourth-order valence-electron chi connectivity index (χ4n) is 2.39. The summed E-state index contributed by atoms with van der Waals surface area (Å²) in [6.45, 7) is 8.47. The van der Waals surface area contributed by atoms with Gasteiger partial charge in [0.1, 0.15) is 5.75 Å². The molecule has 1 aromatic carbocycles. The van der Waals surface area contributed by atoms with Crippen molar-refractivity contribution in [3.63, 3.8) is 0 Å². The fraction of sp³-hybridized carbons (Fsp3) is 0.600. The quantitative estimate of drug-likeness (QED) is 0.749. The third kappa shape index (κ3) is 4.31. The molecule has 1 saturated heterocycles. The number of hydrogen-bond donors (Lipinski definition) is 1. The summed E-state index contributed by atoms with van der Waals surface area (Å²) >= 11 is 0. The van der Waals surface area contributed by atoms with Gasteiger partial charge in [-0.3, -0.25) is 0 Å². The average Bonchev–Trinajstić information content (AvgIpc) is 2.89. The van der Waals surface area contributed by atoms with Gasteiger partial charge in [-0.15, -0.1) is 0 Å². The largest absolute Gasteiger partial charge is 0.494 e. The number of benzene rings is 1. The van der Waals surface area contributed by atoms with Gasteiger partial charge in [0.15, 0.2) is 0 Å². The second kappa shape index (κ2) is 7.39. The Hall–Kier alpha value is -1.06. The Labute approximate surface area is 110 Å². The number of ether oxygens (including phenoxy) is 1. The van der Waals surface area contributed by atoms with E-state index in [9.17, 15) is 0 Å². The van der Waals surface area contributed by atoms with E-state index in [1.165, 1.54) is 38.0 Å². The predicted octanol–water partition coefficient (Wildman–Crippen LogP) is 2.27. The van der Waals surface area contributed by atoms with Gasteiger partial charge in [-0.05, 0) is 50.6 Å². The molecule has 0 amide bonds. The zero-order valence-corrected chi connectivity index (χ0v) is 11.3. The first-order valence-corrected chi connectivity index (χ1v) is 7.03. The SMILES string of the molecule is CCOc1cccc(CNCCN2CCCC2)c1. The van der Waals surface area contributed by atoms with Gasteiger partial charge in [-0.1, -0.05) is 12.1 Å². The van der Waals surface area contributed by atoms with Crippen LogP contribution < -0.4 is 10.1 Å². The van der Waals surface area contributed by atoms with Crippen LogP contribution in [0.4, 0.5) is 0 Å². The third-order valence-electron chi connectivity index (χ3n) is 3.34. The first kappa shape index (κ1) is 13.4. The molecule has 1 aliphatic rings. The molecule has 0 aliphatic carbocycles. The molecule has 1 N–H and O–H groups in total. The normalized spacial score (nSPS) is 16.1. The average molecular weight is 248 g/mol. The summed E-state index contributed by atoms with van der Waals surface area (Å²) in [5.41, 5.74) is 1.29. The molecule has 0 radical (unpaired) electrons. The minimum atomic E-state index is 0.728. The summed E-state index contributed by atoms with van der Waals surface area (Å²) < 4.78 is 5.50. The van der Waals surface area contributed by atoms with Gasteiger partial charge in [-0.2, -0.15) is 0 Å². The first-order chi connectivity index (χ1) is 8.88. The molecular formula is C15H24N2O. The van der Waals surface area contributed by atoms with Crippen molar-refractivity contribution in [2.24, 2.45) is 0 Å². The van der Waals surface area contributed by atoms with Gasteiger partial charge >= 0.3 is 0 Å². The van der Waals surface area contributed by atoms with E-state index in [-0.39, 0.29) is 0 Å². The van der Waals surface area contributed by atoms with E-state index in [4.69, 9.17) is 4.74 Å². The standard InChI is InChI=1S/C15H24N2O/c1-2-18-15-7-5-6-14(12-15)13-16-8-11-17-9-3-4-10-17/h5-7,12,16H,2-4,8-11,13H2,1H3. The van der Waals surface area contributed by atoms with Crippen molar-refractivity contribution in [3.05, 3.63) is 29.8 Å². The molecule has 1 aromatic rings. The van der Waals surface area contributed by atoms with Crippen LogP contribution in [0.2, 0.25) is 0 Å². The lowest BCUT2D eigenvalue weighted by atomic mass is 10.2. The highest BCUT2D eigenvalue weighted by molar-refractivity contribution is 5.28. The maximum atomic E-state index is 5.50. The fourth-order valence-corrected chi connectivity index (χ4v) is 2.39. The first-order valence-electron chi connectivity index (χ1n) is 7.03. The highest BCUT2D eigenvalue weighted by Crippen LogP contribution is 2.13. The minimum absolute atomic E-state index is 0.728. The smallest absolute Gasteiger partial charge is 0.119 e. The molecule has 100 valence electrons. The van der Waals surface area contributed by atoms with Gasteiger partial charge < -0.3 is 15.0 Å². The van der Waals surface area contributed by atoms with Crippen LogP contribution in [0.15, 0.2) is 24.3 Å². The predicted molar refractivity (Wildman–Crippen MR) is 75.0 cm³/mol. The summed E-state index contributed by atoms with van der Waals surface area (Å²) in [5.74, 6) is 0.969. The van der Waals surface area contributed by atoms with Crippen molar-refractivity contribution >= 4 is 0 Å². The zero-order chi connectivity index (χ0) is 12.6. The van der Waals surface area contributed by atoms with Crippen LogP contribution in [0, 0.1) is 0 Å². The van der Waals surface area contributed by atoms with E-state index in [1.54, 1.807) is 0 Å². The molecule has 0 saturated carbocycles. The summed E-state index contributed by atoms with van der Waals surface area (Å²) in [6, 6.07) is 8.33. The lowest BCUT2D eigenvalue weighted by Crippen LogP contribution is -2.29. The second-order valence-electron chi connectivity index (χ2n) is 4.81. The second-order valence-corrected chi connectivity index (χ2v) is 4.81. The van der Waals surface area contributed by atoms with E-state index < -0.39 is 0 Å². The molecule has 0 atom stereocenters. The van der Waals surface area contributed by atoms with Gasteiger partial charge in [0.05, 0.1) is 6.61 Å². The van der Waals surface area contributed by atoms with Crippen LogP contribution in [0.5, 0.6) is 5.75 Å². The topological polar surface area (TPSA) is 24.5 Å². The van der Waals surface area contributed by atoms with E-state index in [2.05, 4.69) is 28.4 Å². The van der Waals surface area contributed by atoms with Crippen molar-refractivity contribution in [3.8, 4) is 5.75 Å². The maximum absolute atomic E-state index is 5.50. The highest BCUT2D eigenvalue weighted by Gasteiger charge is 2.09. The van der Waals surface area contributed by atoms with Gasteiger partial charge in [0, 0.05) is 19.6 Å². The molecule has 3 heteroatoms. The highest BCUT2D eigenvalue weighted by atomic mass is 16.5. The lowest BCUT2D eigenvalue weighted by Gasteiger charge is -2.14. The number of likely N-dealkylation sites (tertiary alicyclic amines) is 1. The van der Waals surface area contributed by atoms with Crippen LogP contribution in [0.3, 0.4) is 0 Å². The summed E-state index contributed by atoms with van der Waals surface area (Å²) in [7, 11) is 0. The summed E-state index contributed by atoms with van der Waals surface area (Å²) in [5, 5.41) is 3.50. The molecular weight excluding hydrogens is 224 g/mol. The van der Waals surface area contributed by atoms with Crippen molar-refractivity contribution in [1.29, 1.82) is 0 Å². The molecule has 3 nitrogen and oxygen atoms in total. The van der Waals surface area contributed by atoms with Crippen LogP contribution in [0.25, 0.3) is 0 Å². The molecule has 1 heterocycles. The number of hydrogen-bond acceptors (Lipinski definition) is 3. The monoisotopic (exact) mass is 248 g/mol. The molecule has 2 rings (SSSR count). The Bertz CT molecular complexity index is 348. The number of nitrogens with zero attached hydrogens (tertiary/aromatic N) is 1. The maximum Gasteiger partial charge on any atom is 0.119 e. The van der Waals surface area contributed by atoms with E-state index in [1.807, 2.05) is 13.0 Å². The van der Waals surface area contributed by atoms with Crippen molar-refractivity contribution in [2.75, 3.05) is 32.8 Å². The Balaban J connectivity index is 1.67. The molecule has 18 heavy (non-hydrogen) atoms. The van der Waals surface area contributed by atoms with Crippen LogP contribution in [-0.2, 0) is 6.54 Å². The molecule has 0 spiro atoms. The Morgan fingerprint density at radius 1 is 1.28 bits per heavy atom. The minimum Gasteiger partial charge on any atom is -0.494 e. The van der Waals surface area contributed by atoms with Crippen LogP contribution >= 0.6 is 0 Å². The van der Waals surface area contributed by atoms with Gasteiger partial charge in [0.2, 0.25) is 0 Å². The Morgan fingerprint density at radius 3 is 2.89 bits per heavy atom. The molecule has 1 aliphatic heterocycles. The molecule has 0 aromatic heterocycles. The van der Waals surface area contributed by atoms with Crippen LogP contribution in [-0.4, -0.2) is 37.7 Å². The van der Waals surface area contributed by atoms with E-state index >= 15 is 0 Å². The van der Waals surface area contributed by atoms with Gasteiger partial charge in [-0.25, -0.2) is 0 Å². The Kier molecular flexibility index (Phi) is 5.49. The Morgan fingerprint density at radius 2 is 2.11 bits per heavy atom. The molecule has 0 unspecified atom stereocenters. The summed E-state index contributed by atoms with van der Waals surface area (Å²) in [4.78, 5) is 2.53. The third-order valence-corrected chi connectivity index (χ3v) is 3.34. The zero-order valence-electron chi connectivity index (χ0n) is 11.3. The lowest BCUT2D eigenvalue weighted by molar-refractivity contribution is 0.334. The van der Waals surface area contributed by atoms with E-state index in [0.717, 1.165) is 25.4 Å². The number of rotatable bonds is 7. The molecule has 1 fully saturated rings. The van der Waals surface area contributed by atoms with Crippen molar-refractivity contribution in [2.45, 2.75) is 26.3 Å². The summed E-state index contributed by atoms with van der Waals surface area (Å²) in [6.07, 6.45) is 2.74. The van der Waals surface area contributed by atoms with Gasteiger partial charge in [0.25, 0.3) is 0 Å². The molecule has 0 bridgehead atoms. The van der Waals surface area contributed by atoms with Crippen LogP contribution in [0.1, 0.15) is 25.3 Å². The van der Waals surface area contributed by atoms with Crippen molar-refractivity contribution < 1.29 is 4.74 Å². The number of nitrogens with one attached hydrogen (secondary N) is 1.